The van der Waals surface area contributed by atoms with Crippen molar-refractivity contribution >= 4 is 11.9 Å². The maximum absolute atomic E-state index is 12.6. The van der Waals surface area contributed by atoms with Crippen LogP contribution in [0, 0.1) is 0 Å². The van der Waals surface area contributed by atoms with E-state index in [1.54, 1.807) is 12.2 Å². The van der Waals surface area contributed by atoms with Crippen LogP contribution in [0.4, 0.5) is 0 Å². The Morgan fingerprint density at radius 1 is 1.26 bits per heavy atom. The van der Waals surface area contributed by atoms with Gasteiger partial charge in [0.05, 0.1) is 25.4 Å². The van der Waals surface area contributed by atoms with Crippen molar-refractivity contribution in [1.29, 1.82) is 0 Å². The van der Waals surface area contributed by atoms with E-state index in [-0.39, 0.29) is 17.2 Å². The SMILES string of the molecule is C=CCC(NCc1ccccc1)C12C=CC(O1)C(C(=O)OC)=C2C(=O)OC. The summed E-state index contributed by atoms with van der Waals surface area (Å²) in [4.78, 5) is 24.9. The average molecular weight is 369 g/mol. The van der Waals surface area contributed by atoms with E-state index in [1.807, 2.05) is 36.4 Å². The molecule has 0 radical (unpaired) electrons. The summed E-state index contributed by atoms with van der Waals surface area (Å²) in [6, 6.07) is 9.58. The van der Waals surface area contributed by atoms with Crippen LogP contribution in [0.25, 0.3) is 0 Å². The molecule has 0 saturated carbocycles. The number of carbonyl (C=O) groups excluding carboxylic acids is 2. The summed E-state index contributed by atoms with van der Waals surface area (Å²) >= 11 is 0. The lowest BCUT2D eigenvalue weighted by atomic mass is 9.80. The first-order chi connectivity index (χ1) is 13.1. The van der Waals surface area contributed by atoms with E-state index in [4.69, 9.17) is 14.2 Å². The topological polar surface area (TPSA) is 73.9 Å². The number of nitrogens with one attached hydrogen (secondary N) is 1. The van der Waals surface area contributed by atoms with Gasteiger partial charge in [-0.15, -0.1) is 6.58 Å². The standard InChI is InChI=1S/C21H23NO5/c1-4-8-16(22-13-14-9-6-5-7-10-14)21-12-11-15(27-21)17(19(23)25-2)18(21)20(24)26-3/h4-7,9-12,15-16,22H,1,8,13H2,2-3H3. The van der Waals surface area contributed by atoms with Crippen molar-refractivity contribution in [2.24, 2.45) is 0 Å². The molecule has 0 fully saturated rings. The molecule has 6 heteroatoms. The normalized spacial score (nSPS) is 24.0. The molecule has 2 aliphatic heterocycles. The first kappa shape index (κ1) is 19.1. The molecule has 3 rings (SSSR count). The summed E-state index contributed by atoms with van der Waals surface area (Å²) < 4.78 is 16.0. The fourth-order valence-corrected chi connectivity index (χ4v) is 3.65. The second kappa shape index (κ2) is 7.90. The number of hydrogen-bond donors (Lipinski definition) is 1. The minimum absolute atomic E-state index is 0.191. The maximum Gasteiger partial charge on any atom is 0.337 e. The Balaban J connectivity index is 1.97. The predicted octanol–water partition coefficient (Wildman–Crippen LogP) is 2.07. The molecule has 0 saturated heterocycles. The average Bonchev–Trinajstić information content (AvgIpc) is 3.28. The lowest BCUT2D eigenvalue weighted by Crippen LogP contribution is -2.51. The van der Waals surface area contributed by atoms with Crippen molar-refractivity contribution in [2.75, 3.05) is 14.2 Å². The highest BCUT2D eigenvalue weighted by Crippen LogP contribution is 2.47. The van der Waals surface area contributed by atoms with Crippen molar-refractivity contribution in [2.45, 2.75) is 30.7 Å². The summed E-state index contributed by atoms with van der Waals surface area (Å²) in [5.41, 5.74) is 0.375. The van der Waals surface area contributed by atoms with E-state index in [1.165, 1.54) is 14.2 Å². The van der Waals surface area contributed by atoms with Crippen LogP contribution in [-0.2, 0) is 30.3 Å². The summed E-state index contributed by atoms with van der Waals surface area (Å²) in [7, 11) is 2.56. The van der Waals surface area contributed by atoms with E-state index in [0.29, 0.717) is 13.0 Å². The number of ether oxygens (including phenoxy) is 3. The molecular formula is C21H23NO5. The number of methoxy groups -OCH3 is 2. The Morgan fingerprint density at radius 2 is 1.96 bits per heavy atom. The summed E-state index contributed by atoms with van der Waals surface area (Å²) in [5, 5.41) is 3.44. The molecule has 6 nitrogen and oxygen atoms in total. The van der Waals surface area contributed by atoms with Gasteiger partial charge in [-0.2, -0.15) is 0 Å². The molecule has 2 aliphatic rings. The van der Waals surface area contributed by atoms with Gasteiger partial charge in [-0.25, -0.2) is 9.59 Å². The predicted molar refractivity (Wildman–Crippen MR) is 99.7 cm³/mol. The highest BCUT2D eigenvalue weighted by atomic mass is 16.6. The van der Waals surface area contributed by atoms with Gasteiger partial charge < -0.3 is 19.5 Å². The monoisotopic (exact) mass is 369 g/mol. The van der Waals surface area contributed by atoms with Gasteiger partial charge in [-0.3, -0.25) is 0 Å². The minimum atomic E-state index is -1.11. The summed E-state index contributed by atoms with van der Waals surface area (Å²) in [6.07, 6.45) is 5.25. The molecule has 0 amide bonds. The molecule has 1 N–H and O–H groups in total. The first-order valence-electron chi connectivity index (χ1n) is 8.74. The van der Waals surface area contributed by atoms with Crippen molar-refractivity contribution < 1.29 is 23.8 Å². The second-order valence-corrected chi connectivity index (χ2v) is 6.41. The molecule has 2 heterocycles. The molecule has 1 aromatic carbocycles. The maximum atomic E-state index is 12.6. The van der Waals surface area contributed by atoms with Gasteiger partial charge in [0.15, 0.2) is 0 Å². The molecule has 0 aromatic heterocycles. The molecule has 0 spiro atoms. The molecule has 1 aromatic rings. The van der Waals surface area contributed by atoms with Crippen molar-refractivity contribution in [3.8, 4) is 0 Å². The minimum Gasteiger partial charge on any atom is -0.466 e. The molecule has 3 unspecified atom stereocenters. The fraction of sp³-hybridized carbons (Fsp3) is 0.333. The largest absolute Gasteiger partial charge is 0.466 e. The van der Waals surface area contributed by atoms with Gasteiger partial charge in [0.25, 0.3) is 0 Å². The Morgan fingerprint density at radius 3 is 2.59 bits per heavy atom. The number of esters is 2. The Bertz CT molecular complexity index is 798. The van der Waals surface area contributed by atoms with Gasteiger partial charge in [0.1, 0.15) is 11.7 Å². The molecule has 142 valence electrons. The van der Waals surface area contributed by atoms with Gasteiger partial charge >= 0.3 is 11.9 Å². The highest BCUT2D eigenvalue weighted by Gasteiger charge is 2.57. The van der Waals surface area contributed by atoms with Gasteiger partial charge in [-0.1, -0.05) is 42.5 Å². The van der Waals surface area contributed by atoms with Crippen LogP contribution in [0.1, 0.15) is 12.0 Å². The number of hydrogen-bond acceptors (Lipinski definition) is 6. The lowest BCUT2D eigenvalue weighted by Gasteiger charge is -2.34. The molecular weight excluding hydrogens is 346 g/mol. The number of benzene rings is 1. The van der Waals surface area contributed by atoms with Crippen molar-refractivity contribution in [3.63, 3.8) is 0 Å². The molecule has 3 atom stereocenters. The van der Waals surface area contributed by atoms with Crippen LogP contribution in [0.15, 0.2) is 66.3 Å². The van der Waals surface area contributed by atoms with E-state index < -0.39 is 23.6 Å². The third kappa shape index (κ3) is 3.34. The van der Waals surface area contributed by atoms with E-state index >= 15 is 0 Å². The van der Waals surface area contributed by atoms with E-state index in [9.17, 15) is 9.59 Å². The van der Waals surface area contributed by atoms with Gasteiger partial charge in [-0.05, 0) is 18.1 Å². The third-order valence-electron chi connectivity index (χ3n) is 4.90. The van der Waals surface area contributed by atoms with Gasteiger partial charge in [0, 0.05) is 12.6 Å². The van der Waals surface area contributed by atoms with Crippen LogP contribution in [-0.4, -0.2) is 43.9 Å². The van der Waals surface area contributed by atoms with Crippen molar-refractivity contribution in [1.82, 2.24) is 5.32 Å². The molecule has 27 heavy (non-hydrogen) atoms. The van der Waals surface area contributed by atoms with Gasteiger partial charge in [0.2, 0.25) is 0 Å². The number of fused-ring (bicyclic) bond motifs is 2. The molecule has 0 aliphatic carbocycles. The van der Waals surface area contributed by atoms with Crippen molar-refractivity contribution in [3.05, 3.63) is 71.8 Å². The zero-order valence-corrected chi connectivity index (χ0v) is 15.4. The second-order valence-electron chi connectivity index (χ2n) is 6.41. The van der Waals surface area contributed by atoms with Crippen LogP contribution >= 0.6 is 0 Å². The van der Waals surface area contributed by atoms with Crippen LogP contribution in [0.5, 0.6) is 0 Å². The van der Waals surface area contributed by atoms with Crippen LogP contribution in [0.2, 0.25) is 0 Å². The molecule has 2 bridgehead atoms. The first-order valence-corrected chi connectivity index (χ1v) is 8.74. The number of rotatable bonds is 8. The van der Waals surface area contributed by atoms with Crippen LogP contribution in [0.3, 0.4) is 0 Å². The van der Waals surface area contributed by atoms with Crippen LogP contribution < -0.4 is 5.32 Å². The van der Waals surface area contributed by atoms with E-state index in [0.717, 1.165) is 5.56 Å². The quantitative estimate of drug-likeness (QED) is 0.559. The zero-order valence-electron chi connectivity index (χ0n) is 15.4. The fourth-order valence-electron chi connectivity index (χ4n) is 3.65. The smallest absolute Gasteiger partial charge is 0.337 e. The Kier molecular flexibility index (Phi) is 5.58. The number of carbonyl (C=O) groups is 2. The van der Waals surface area contributed by atoms with E-state index in [2.05, 4.69) is 11.9 Å². The Hall–Kier alpha value is -2.70. The third-order valence-corrected chi connectivity index (χ3v) is 4.90. The highest BCUT2D eigenvalue weighted by molar-refractivity contribution is 6.05. The summed E-state index contributed by atoms with van der Waals surface area (Å²) in [6.45, 7) is 4.40. The Labute approximate surface area is 158 Å². The summed E-state index contributed by atoms with van der Waals surface area (Å²) in [5.74, 6) is -1.19. The lowest BCUT2D eigenvalue weighted by molar-refractivity contribution is -0.139. The zero-order chi connectivity index (χ0) is 19.4.